The lowest BCUT2D eigenvalue weighted by Gasteiger charge is -2.12. The maximum absolute atomic E-state index is 12.4. The summed E-state index contributed by atoms with van der Waals surface area (Å²) in [5.74, 6) is -1.00. The van der Waals surface area contributed by atoms with Crippen LogP contribution in [0.15, 0.2) is 35.9 Å². The van der Waals surface area contributed by atoms with Gasteiger partial charge >= 0.3 is 6.18 Å². The summed E-state index contributed by atoms with van der Waals surface area (Å²) < 4.78 is 42.8. The first-order valence-electron chi connectivity index (χ1n) is 6.60. The fourth-order valence-electron chi connectivity index (χ4n) is 1.92. The first-order valence-corrected chi connectivity index (χ1v) is 6.60. The van der Waals surface area contributed by atoms with Gasteiger partial charge in [0.05, 0.1) is 18.9 Å². The molecule has 0 bridgehead atoms. The van der Waals surface area contributed by atoms with Crippen LogP contribution in [0.1, 0.15) is 17.9 Å². The summed E-state index contributed by atoms with van der Waals surface area (Å²) in [5.41, 5.74) is 1.40. The number of hydrogen-bond donors (Lipinski definition) is 0. The van der Waals surface area contributed by atoms with Gasteiger partial charge in [0.25, 0.3) is 0 Å². The van der Waals surface area contributed by atoms with E-state index < -0.39 is 12.0 Å². The zero-order valence-electron chi connectivity index (χ0n) is 11.7. The van der Waals surface area contributed by atoms with Crippen LogP contribution < -0.4 is 4.74 Å². The van der Waals surface area contributed by atoms with Gasteiger partial charge in [0.1, 0.15) is 5.69 Å². The van der Waals surface area contributed by atoms with Gasteiger partial charge in [0.15, 0.2) is 5.75 Å². The Labute approximate surface area is 128 Å². The Morgan fingerprint density at radius 1 is 1.00 bits per heavy atom. The molecule has 0 amide bonds. The first kappa shape index (κ1) is 15.1. The fourth-order valence-corrected chi connectivity index (χ4v) is 1.92. The predicted octanol–water partition coefficient (Wildman–Crippen LogP) is 2.94. The van der Waals surface area contributed by atoms with Crippen molar-refractivity contribution in [2.75, 3.05) is 6.54 Å². The smallest absolute Gasteiger partial charge is 0.434 e. The van der Waals surface area contributed by atoms with E-state index in [2.05, 4.69) is 24.9 Å². The van der Waals surface area contributed by atoms with Crippen LogP contribution in [0.4, 0.5) is 13.2 Å². The van der Waals surface area contributed by atoms with Crippen molar-refractivity contribution >= 4 is 11.8 Å². The predicted molar refractivity (Wildman–Crippen MR) is 75.1 cm³/mol. The molecule has 6 nitrogen and oxygen atoms in total. The highest BCUT2D eigenvalue weighted by Crippen LogP contribution is 2.30. The van der Waals surface area contributed by atoms with E-state index in [-0.39, 0.29) is 11.6 Å². The van der Waals surface area contributed by atoms with Crippen molar-refractivity contribution in [1.29, 1.82) is 0 Å². The van der Waals surface area contributed by atoms with Gasteiger partial charge in [-0.05, 0) is 5.57 Å². The summed E-state index contributed by atoms with van der Waals surface area (Å²) in [4.78, 5) is 18.9. The lowest BCUT2D eigenvalue weighted by molar-refractivity contribution is -0.145. The molecule has 0 saturated heterocycles. The van der Waals surface area contributed by atoms with Crippen molar-refractivity contribution in [3.8, 4) is 11.6 Å². The molecule has 0 atom stereocenters. The SMILES string of the molecule is FC(F)(F)c1ncc(Oc2nccnc2C2=CCN=CC2)cn1. The number of aromatic nitrogens is 4. The molecule has 3 heterocycles. The highest BCUT2D eigenvalue weighted by atomic mass is 19.4. The molecule has 23 heavy (non-hydrogen) atoms. The van der Waals surface area contributed by atoms with Crippen LogP contribution in [0.3, 0.4) is 0 Å². The van der Waals surface area contributed by atoms with Crippen LogP contribution in [0.2, 0.25) is 0 Å². The molecule has 118 valence electrons. The second kappa shape index (κ2) is 6.11. The molecule has 0 aromatic carbocycles. The molecule has 3 rings (SSSR count). The number of dihydropyridines is 1. The third-order valence-corrected chi connectivity index (χ3v) is 2.95. The molecule has 0 radical (unpaired) electrons. The van der Waals surface area contributed by atoms with Crippen molar-refractivity contribution in [3.05, 3.63) is 42.4 Å². The number of allylic oxidation sites excluding steroid dienone is 1. The van der Waals surface area contributed by atoms with Gasteiger partial charge in [0, 0.05) is 25.0 Å². The quantitative estimate of drug-likeness (QED) is 0.869. The minimum absolute atomic E-state index is 0.0461. The number of nitrogens with zero attached hydrogens (tertiary/aromatic N) is 5. The summed E-state index contributed by atoms with van der Waals surface area (Å²) in [6.45, 7) is 0.536. The molecule has 1 aliphatic rings. The van der Waals surface area contributed by atoms with E-state index in [1.807, 2.05) is 6.08 Å². The Morgan fingerprint density at radius 2 is 1.74 bits per heavy atom. The second-order valence-corrected chi connectivity index (χ2v) is 4.53. The van der Waals surface area contributed by atoms with Crippen molar-refractivity contribution in [1.82, 2.24) is 19.9 Å². The van der Waals surface area contributed by atoms with Crippen LogP contribution >= 0.6 is 0 Å². The first-order chi connectivity index (χ1) is 11.0. The van der Waals surface area contributed by atoms with Gasteiger partial charge in [0.2, 0.25) is 11.7 Å². The molecule has 1 aliphatic heterocycles. The maximum Gasteiger partial charge on any atom is 0.451 e. The Balaban J connectivity index is 1.85. The Kier molecular flexibility index (Phi) is 4.00. The molecule has 0 unspecified atom stereocenters. The van der Waals surface area contributed by atoms with Crippen LogP contribution in [0, 0.1) is 0 Å². The Bertz CT molecular complexity index is 756. The van der Waals surface area contributed by atoms with Crippen LogP contribution in [0.25, 0.3) is 5.57 Å². The van der Waals surface area contributed by atoms with E-state index >= 15 is 0 Å². The normalized spacial score (nSPS) is 14.5. The van der Waals surface area contributed by atoms with Gasteiger partial charge in [-0.3, -0.25) is 4.99 Å². The van der Waals surface area contributed by atoms with Crippen molar-refractivity contribution in [3.63, 3.8) is 0 Å². The van der Waals surface area contributed by atoms with Crippen LogP contribution in [-0.4, -0.2) is 32.7 Å². The number of halogens is 3. The molecule has 0 aliphatic carbocycles. The Hall–Kier alpha value is -2.84. The molecule has 0 fully saturated rings. The minimum atomic E-state index is -4.59. The standard InChI is InChI=1S/C14H10F3N5O/c15-14(16,17)13-21-7-10(8-22-13)23-12-11(19-5-6-20-12)9-1-3-18-4-2-9/h1,4-8H,2-3H2. The third-order valence-electron chi connectivity index (χ3n) is 2.95. The summed E-state index contributed by atoms with van der Waals surface area (Å²) in [5, 5.41) is 0. The topological polar surface area (TPSA) is 73.2 Å². The number of aliphatic imine (C=N–C) groups is 1. The molecular formula is C14H10F3N5O. The maximum atomic E-state index is 12.4. The van der Waals surface area contributed by atoms with Crippen molar-refractivity contribution in [2.24, 2.45) is 4.99 Å². The molecule has 0 spiro atoms. The molecule has 0 N–H and O–H groups in total. The number of alkyl halides is 3. The number of rotatable bonds is 3. The highest BCUT2D eigenvalue weighted by molar-refractivity contribution is 5.81. The molecule has 0 saturated carbocycles. The number of ether oxygens (including phenoxy) is 1. The zero-order chi connectivity index (χ0) is 16.3. The molecule has 9 heteroatoms. The minimum Gasteiger partial charge on any atom is -0.434 e. The van der Waals surface area contributed by atoms with Gasteiger partial charge in [-0.1, -0.05) is 6.08 Å². The molecule has 2 aromatic rings. The summed E-state index contributed by atoms with van der Waals surface area (Å²) in [6.07, 6.45) is 4.48. The van der Waals surface area contributed by atoms with Gasteiger partial charge in [-0.15, -0.1) is 0 Å². The van der Waals surface area contributed by atoms with E-state index in [0.717, 1.165) is 18.0 Å². The summed E-state index contributed by atoms with van der Waals surface area (Å²) >= 11 is 0. The Morgan fingerprint density at radius 3 is 2.39 bits per heavy atom. The van der Waals surface area contributed by atoms with Crippen LogP contribution in [-0.2, 0) is 6.18 Å². The summed E-state index contributed by atoms with van der Waals surface area (Å²) in [7, 11) is 0. The average molecular weight is 321 g/mol. The lowest BCUT2D eigenvalue weighted by Crippen LogP contribution is -2.10. The van der Waals surface area contributed by atoms with E-state index in [9.17, 15) is 13.2 Å². The largest absolute Gasteiger partial charge is 0.451 e. The van der Waals surface area contributed by atoms with Gasteiger partial charge < -0.3 is 4.74 Å². The highest BCUT2D eigenvalue weighted by Gasteiger charge is 2.34. The van der Waals surface area contributed by atoms with E-state index in [0.29, 0.717) is 18.7 Å². The van der Waals surface area contributed by atoms with Crippen molar-refractivity contribution in [2.45, 2.75) is 12.6 Å². The third kappa shape index (κ3) is 3.50. The monoisotopic (exact) mass is 321 g/mol. The molecule has 2 aromatic heterocycles. The van der Waals surface area contributed by atoms with Crippen LogP contribution in [0.5, 0.6) is 11.6 Å². The summed E-state index contributed by atoms with van der Waals surface area (Å²) in [6, 6.07) is 0. The second-order valence-electron chi connectivity index (χ2n) is 4.53. The lowest BCUT2D eigenvalue weighted by atomic mass is 10.1. The van der Waals surface area contributed by atoms with Gasteiger partial charge in [-0.25, -0.2) is 19.9 Å². The van der Waals surface area contributed by atoms with Crippen molar-refractivity contribution < 1.29 is 17.9 Å². The average Bonchev–Trinajstić information content (AvgIpc) is 2.56. The van der Waals surface area contributed by atoms with E-state index in [1.54, 1.807) is 6.21 Å². The number of hydrogen-bond acceptors (Lipinski definition) is 6. The molecular weight excluding hydrogens is 311 g/mol. The zero-order valence-corrected chi connectivity index (χ0v) is 11.7. The van der Waals surface area contributed by atoms with E-state index in [4.69, 9.17) is 4.74 Å². The van der Waals surface area contributed by atoms with E-state index in [1.165, 1.54) is 12.4 Å². The van der Waals surface area contributed by atoms with Gasteiger partial charge in [-0.2, -0.15) is 13.2 Å². The fraction of sp³-hybridized carbons (Fsp3) is 0.214.